The van der Waals surface area contributed by atoms with Crippen LogP contribution in [0.15, 0.2) is 36.4 Å². The number of nitrogens with one attached hydrogen (secondary N) is 1. The summed E-state index contributed by atoms with van der Waals surface area (Å²) in [5.41, 5.74) is 5.22. The maximum Gasteiger partial charge on any atom is 0.148 e. The number of nitrogens with zero attached hydrogens (tertiary/aromatic N) is 3. The summed E-state index contributed by atoms with van der Waals surface area (Å²) in [6.07, 6.45) is 2.11. The van der Waals surface area contributed by atoms with Crippen LogP contribution in [0.4, 0.5) is 0 Å². The molecule has 6 nitrogen and oxygen atoms in total. The monoisotopic (exact) mass is 434 g/mol. The number of nitriles is 1. The van der Waals surface area contributed by atoms with Gasteiger partial charge in [-0.05, 0) is 56.0 Å². The fourth-order valence-corrected chi connectivity index (χ4v) is 4.85. The van der Waals surface area contributed by atoms with Crippen LogP contribution in [-0.4, -0.2) is 36.6 Å². The molecule has 0 bridgehead atoms. The molecule has 1 aliphatic carbocycles. The van der Waals surface area contributed by atoms with Crippen LogP contribution in [0, 0.1) is 11.3 Å². The number of rotatable bonds is 8. The van der Waals surface area contributed by atoms with E-state index >= 15 is 0 Å². The van der Waals surface area contributed by atoms with Gasteiger partial charge in [0.25, 0.3) is 0 Å². The molecule has 1 unspecified atom stereocenters. The van der Waals surface area contributed by atoms with Crippen LogP contribution < -0.4 is 10.1 Å². The van der Waals surface area contributed by atoms with Crippen molar-refractivity contribution in [3.8, 4) is 33.0 Å². The van der Waals surface area contributed by atoms with E-state index in [1.807, 2.05) is 32.0 Å². The van der Waals surface area contributed by atoms with Gasteiger partial charge in [0.05, 0.1) is 18.3 Å². The largest absolute Gasteiger partial charge is 0.490 e. The molecular weight excluding hydrogens is 408 g/mol. The Morgan fingerprint density at radius 2 is 2.06 bits per heavy atom. The fourth-order valence-electron chi connectivity index (χ4n) is 3.96. The van der Waals surface area contributed by atoms with Gasteiger partial charge in [-0.1, -0.05) is 29.5 Å². The van der Waals surface area contributed by atoms with Crippen molar-refractivity contribution >= 4 is 11.3 Å². The molecule has 0 fully saturated rings. The van der Waals surface area contributed by atoms with Crippen molar-refractivity contribution < 1.29 is 9.47 Å². The Morgan fingerprint density at radius 1 is 1.23 bits per heavy atom. The Kier molecular flexibility index (Phi) is 6.62. The Morgan fingerprint density at radius 3 is 2.84 bits per heavy atom. The fraction of sp³-hybridized carbons (Fsp3) is 0.375. The second-order valence-corrected chi connectivity index (χ2v) is 8.79. The van der Waals surface area contributed by atoms with Crippen molar-refractivity contribution in [1.82, 2.24) is 15.5 Å². The second kappa shape index (κ2) is 9.56. The van der Waals surface area contributed by atoms with Crippen molar-refractivity contribution in [1.29, 1.82) is 5.26 Å². The molecule has 0 radical (unpaired) electrons. The normalized spacial score (nSPS) is 15.1. The lowest BCUT2D eigenvalue weighted by atomic mass is 10.0. The van der Waals surface area contributed by atoms with Crippen LogP contribution in [0.1, 0.15) is 43.0 Å². The van der Waals surface area contributed by atoms with Crippen molar-refractivity contribution in [2.45, 2.75) is 38.8 Å². The number of benzene rings is 2. The summed E-state index contributed by atoms with van der Waals surface area (Å²) in [4.78, 5) is 0. The maximum atomic E-state index is 9.52. The number of methoxy groups -OCH3 is 1. The highest BCUT2D eigenvalue weighted by molar-refractivity contribution is 7.17. The minimum atomic E-state index is 0.0130. The molecule has 0 aliphatic heterocycles. The summed E-state index contributed by atoms with van der Waals surface area (Å²) < 4.78 is 10.9. The molecule has 3 aromatic rings. The van der Waals surface area contributed by atoms with E-state index in [9.17, 15) is 5.26 Å². The van der Waals surface area contributed by atoms with E-state index < -0.39 is 0 Å². The van der Waals surface area contributed by atoms with Crippen molar-refractivity contribution in [3.63, 3.8) is 0 Å². The van der Waals surface area contributed by atoms with E-state index in [0.29, 0.717) is 24.0 Å². The second-order valence-electron chi connectivity index (χ2n) is 7.81. The van der Waals surface area contributed by atoms with Crippen LogP contribution in [-0.2, 0) is 11.2 Å². The van der Waals surface area contributed by atoms with Crippen LogP contribution in [0.5, 0.6) is 5.75 Å². The van der Waals surface area contributed by atoms with Crippen molar-refractivity contribution in [2.24, 2.45) is 0 Å². The smallest absolute Gasteiger partial charge is 0.148 e. The number of fused-ring (bicyclic) bond motifs is 1. The lowest BCUT2D eigenvalue weighted by Crippen LogP contribution is -2.23. The van der Waals surface area contributed by atoms with E-state index in [2.05, 4.69) is 39.8 Å². The van der Waals surface area contributed by atoms with E-state index in [1.165, 1.54) is 11.1 Å². The molecule has 2 aromatic carbocycles. The molecule has 7 heteroatoms. The van der Waals surface area contributed by atoms with Crippen LogP contribution in [0.2, 0.25) is 0 Å². The Labute approximate surface area is 186 Å². The van der Waals surface area contributed by atoms with Gasteiger partial charge in [-0.3, -0.25) is 0 Å². The van der Waals surface area contributed by atoms with Crippen LogP contribution in [0.25, 0.3) is 21.1 Å². The first-order valence-corrected chi connectivity index (χ1v) is 11.3. The number of ether oxygens (including phenoxy) is 2. The van der Waals surface area contributed by atoms with Gasteiger partial charge in [0.2, 0.25) is 0 Å². The molecule has 0 amide bonds. The molecular formula is C24H26N4O2S. The predicted molar refractivity (Wildman–Crippen MR) is 122 cm³/mol. The Hall–Kier alpha value is -2.79. The maximum absolute atomic E-state index is 9.52. The van der Waals surface area contributed by atoms with E-state index in [1.54, 1.807) is 18.4 Å². The summed E-state index contributed by atoms with van der Waals surface area (Å²) in [7, 11) is 1.72. The molecule has 1 aromatic heterocycles. The van der Waals surface area contributed by atoms with E-state index in [4.69, 9.17) is 9.47 Å². The zero-order chi connectivity index (χ0) is 21.8. The van der Waals surface area contributed by atoms with Crippen molar-refractivity contribution in [2.75, 3.05) is 20.3 Å². The average molecular weight is 435 g/mol. The lowest BCUT2D eigenvalue weighted by molar-refractivity contribution is 0.195. The highest BCUT2D eigenvalue weighted by Crippen LogP contribution is 2.40. The minimum Gasteiger partial charge on any atom is -0.490 e. The third kappa shape index (κ3) is 4.62. The number of hydrogen-bond donors (Lipinski definition) is 1. The van der Waals surface area contributed by atoms with Crippen molar-refractivity contribution in [3.05, 3.63) is 53.1 Å². The van der Waals surface area contributed by atoms with Gasteiger partial charge in [-0.2, -0.15) is 5.26 Å². The highest BCUT2D eigenvalue weighted by atomic mass is 32.1. The van der Waals surface area contributed by atoms with Crippen LogP contribution >= 0.6 is 11.3 Å². The first-order chi connectivity index (χ1) is 15.1. The molecule has 0 saturated heterocycles. The highest BCUT2D eigenvalue weighted by Gasteiger charge is 2.25. The standard InChI is InChI=1S/C24H26N4O2S/c1-15(2)30-22-10-7-16(13-17(22)14-25)23-27-28-24(31-23)20-6-4-5-19-18(20)8-9-21(19)26-11-12-29-3/h4-7,10,13,15,21,26H,8-9,11-12H2,1-3H3. The number of aromatic nitrogens is 2. The molecule has 0 saturated carbocycles. The SMILES string of the molecule is COCCNC1CCc2c(-c3nnc(-c4ccc(OC(C)C)c(C#N)c4)s3)cccc21. The van der Waals surface area contributed by atoms with E-state index in [0.717, 1.165) is 40.5 Å². The van der Waals surface area contributed by atoms with Gasteiger partial charge >= 0.3 is 0 Å². The van der Waals surface area contributed by atoms with Gasteiger partial charge in [-0.15, -0.1) is 10.2 Å². The third-order valence-electron chi connectivity index (χ3n) is 5.33. The molecule has 160 valence electrons. The zero-order valence-electron chi connectivity index (χ0n) is 18.0. The molecule has 31 heavy (non-hydrogen) atoms. The average Bonchev–Trinajstić information content (AvgIpc) is 3.41. The van der Waals surface area contributed by atoms with Gasteiger partial charge < -0.3 is 14.8 Å². The molecule has 1 aliphatic rings. The van der Waals surface area contributed by atoms with Gasteiger partial charge in [-0.25, -0.2) is 0 Å². The zero-order valence-corrected chi connectivity index (χ0v) is 18.8. The minimum absolute atomic E-state index is 0.0130. The van der Waals surface area contributed by atoms with Crippen LogP contribution in [0.3, 0.4) is 0 Å². The van der Waals surface area contributed by atoms with Gasteiger partial charge in [0, 0.05) is 30.8 Å². The summed E-state index contributed by atoms with van der Waals surface area (Å²) in [6, 6.07) is 14.6. The lowest BCUT2D eigenvalue weighted by Gasteiger charge is -2.14. The third-order valence-corrected chi connectivity index (χ3v) is 6.34. The molecule has 1 heterocycles. The first kappa shape index (κ1) is 21.4. The van der Waals surface area contributed by atoms with E-state index in [-0.39, 0.29) is 6.10 Å². The number of hydrogen-bond acceptors (Lipinski definition) is 7. The predicted octanol–water partition coefficient (Wildman–Crippen LogP) is 4.75. The first-order valence-electron chi connectivity index (χ1n) is 10.5. The summed E-state index contributed by atoms with van der Waals surface area (Å²) in [6.45, 7) is 5.44. The molecule has 0 spiro atoms. The summed E-state index contributed by atoms with van der Waals surface area (Å²) in [5, 5.41) is 23.7. The molecule has 1 N–H and O–H groups in total. The summed E-state index contributed by atoms with van der Waals surface area (Å²) in [5.74, 6) is 0.596. The topological polar surface area (TPSA) is 80.1 Å². The molecule has 1 atom stereocenters. The Balaban J connectivity index is 1.60. The molecule has 4 rings (SSSR count). The van der Waals surface area contributed by atoms with Gasteiger partial charge in [0.1, 0.15) is 21.8 Å². The Bertz CT molecular complexity index is 1100. The van der Waals surface area contributed by atoms with Gasteiger partial charge in [0.15, 0.2) is 0 Å². The quantitative estimate of drug-likeness (QED) is 0.515. The summed E-state index contributed by atoms with van der Waals surface area (Å²) >= 11 is 1.55.